The van der Waals surface area contributed by atoms with Gasteiger partial charge in [0.15, 0.2) is 0 Å². The first-order valence-electron chi connectivity index (χ1n) is 7.84. The highest BCUT2D eigenvalue weighted by Gasteiger charge is 1.97. The van der Waals surface area contributed by atoms with E-state index in [1.165, 1.54) is 0 Å². The second-order valence-corrected chi connectivity index (χ2v) is 4.45. The Morgan fingerprint density at radius 1 is 0.762 bits per heavy atom. The molecule has 6 nitrogen and oxygen atoms in total. The molecule has 0 heterocycles. The zero-order valence-corrected chi connectivity index (χ0v) is 13.5. The van der Waals surface area contributed by atoms with Crippen LogP contribution in [0.2, 0.25) is 0 Å². The van der Waals surface area contributed by atoms with E-state index in [-0.39, 0.29) is 5.78 Å². The molecule has 0 unspecified atom stereocenters. The third-order valence-corrected chi connectivity index (χ3v) is 2.71. The SMILES string of the molecule is CCNCCOCCOCCOCCOCCC(=O)CC. The summed E-state index contributed by atoms with van der Waals surface area (Å²) in [5, 5.41) is 3.18. The number of ketones is 1. The Morgan fingerprint density at radius 2 is 1.24 bits per heavy atom. The Morgan fingerprint density at radius 3 is 1.71 bits per heavy atom. The van der Waals surface area contributed by atoms with E-state index in [4.69, 9.17) is 18.9 Å². The van der Waals surface area contributed by atoms with Crippen LogP contribution in [0.25, 0.3) is 0 Å². The van der Waals surface area contributed by atoms with E-state index in [0.717, 1.165) is 13.1 Å². The van der Waals surface area contributed by atoms with Gasteiger partial charge in [0.1, 0.15) is 5.78 Å². The van der Waals surface area contributed by atoms with Crippen LogP contribution in [0.15, 0.2) is 0 Å². The van der Waals surface area contributed by atoms with Crippen molar-refractivity contribution in [3.63, 3.8) is 0 Å². The van der Waals surface area contributed by atoms with Gasteiger partial charge in [0.25, 0.3) is 0 Å². The van der Waals surface area contributed by atoms with E-state index < -0.39 is 0 Å². The third-order valence-electron chi connectivity index (χ3n) is 2.71. The fourth-order valence-corrected chi connectivity index (χ4v) is 1.45. The molecule has 0 aliphatic rings. The maximum Gasteiger partial charge on any atom is 0.134 e. The molecule has 0 radical (unpaired) electrons. The van der Waals surface area contributed by atoms with Gasteiger partial charge in [-0.25, -0.2) is 0 Å². The van der Waals surface area contributed by atoms with E-state index in [2.05, 4.69) is 12.2 Å². The molecular formula is C15H31NO5. The molecule has 0 aromatic heterocycles. The molecule has 1 N–H and O–H groups in total. The maximum absolute atomic E-state index is 11.0. The lowest BCUT2D eigenvalue weighted by Gasteiger charge is -2.07. The number of hydrogen-bond acceptors (Lipinski definition) is 6. The predicted octanol–water partition coefficient (Wildman–Crippen LogP) is 1.03. The minimum Gasteiger partial charge on any atom is -0.379 e. The van der Waals surface area contributed by atoms with Crippen molar-refractivity contribution in [3.8, 4) is 0 Å². The van der Waals surface area contributed by atoms with Crippen molar-refractivity contribution in [1.29, 1.82) is 0 Å². The molecule has 0 aliphatic heterocycles. The molecule has 0 fully saturated rings. The molecule has 0 atom stereocenters. The molecule has 0 aromatic carbocycles. The van der Waals surface area contributed by atoms with Crippen LogP contribution in [0.4, 0.5) is 0 Å². The highest BCUT2D eigenvalue weighted by molar-refractivity contribution is 5.78. The molecule has 0 amide bonds. The molecule has 126 valence electrons. The van der Waals surface area contributed by atoms with E-state index in [0.29, 0.717) is 65.7 Å². The summed E-state index contributed by atoms with van der Waals surface area (Å²) in [6.07, 6.45) is 1.07. The minimum absolute atomic E-state index is 0.233. The van der Waals surface area contributed by atoms with Crippen molar-refractivity contribution in [2.24, 2.45) is 0 Å². The van der Waals surface area contributed by atoms with Crippen LogP contribution in [0.5, 0.6) is 0 Å². The summed E-state index contributed by atoms with van der Waals surface area (Å²) >= 11 is 0. The van der Waals surface area contributed by atoms with Gasteiger partial charge in [0.05, 0.1) is 52.9 Å². The first-order chi connectivity index (χ1) is 10.3. The maximum atomic E-state index is 11.0. The van der Waals surface area contributed by atoms with Crippen molar-refractivity contribution < 1.29 is 23.7 Å². The second-order valence-electron chi connectivity index (χ2n) is 4.45. The number of nitrogens with one attached hydrogen (secondary N) is 1. The summed E-state index contributed by atoms with van der Waals surface area (Å²) in [7, 11) is 0. The van der Waals surface area contributed by atoms with Crippen molar-refractivity contribution in [2.45, 2.75) is 26.7 Å². The smallest absolute Gasteiger partial charge is 0.134 e. The highest BCUT2D eigenvalue weighted by Crippen LogP contribution is 1.90. The number of carbonyl (C=O) groups is 1. The Hall–Kier alpha value is -0.530. The van der Waals surface area contributed by atoms with Crippen LogP contribution < -0.4 is 5.32 Å². The summed E-state index contributed by atoms with van der Waals surface area (Å²) in [5.41, 5.74) is 0. The van der Waals surface area contributed by atoms with Crippen LogP contribution >= 0.6 is 0 Å². The molecule has 0 aliphatic carbocycles. The van der Waals surface area contributed by atoms with E-state index in [9.17, 15) is 4.79 Å². The Labute approximate surface area is 128 Å². The Bertz CT molecular complexity index is 226. The normalized spacial score (nSPS) is 11.0. The van der Waals surface area contributed by atoms with Gasteiger partial charge >= 0.3 is 0 Å². The lowest BCUT2D eigenvalue weighted by Crippen LogP contribution is -2.20. The quantitative estimate of drug-likeness (QED) is 0.405. The first-order valence-corrected chi connectivity index (χ1v) is 7.84. The van der Waals surface area contributed by atoms with Crippen LogP contribution in [0.1, 0.15) is 26.7 Å². The Balaban J connectivity index is 2.98. The summed E-state index contributed by atoms with van der Waals surface area (Å²) < 4.78 is 21.3. The van der Waals surface area contributed by atoms with Gasteiger partial charge < -0.3 is 24.3 Å². The van der Waals surface area contributed by atoms with Gasteiger partial charge in [-0.1, -0.05) is 13.8 Å². The molecule has 0 spiro atoms. The van der Waals surface area contributed by atoms with E-state index in [1.54, 1.807) is 0 Å². The van der Waals surface area contributed by atoms with Gasteiger partial charge in [0, 0.05) is 19.4 Å². The molecule has 6 heteroatoms. The number of carbonyl (C=O) groups excluding carboxylic acids is 1. The number of rotatable bonds is 17. The van der Waals surface area contributed by atoms with Crippen molar-refractivity contribution >= 4 is 5.78 Å². The molecule has 0 saturated heterocycles. The fourth-order valence-electron chi connectivity index (χ4n) is 1.45. The van der Waals surface area contributed by atoms with Crippen molar-refractivity contribution in [3.05, 3.63) is 0 Å². The standard InChI is InChI=1S/C15H31NO5/c1-3-15(17)5-7-18-9-11-20-13-14-21-12-10-19-8-6-16-4-2/h16H,3-14H2,1-2H3. The van der Waals surface area contributed by atoms with Crippen LogP contribution in [-0.4, -0.2) is 71.7 Å². The second kappa shape index (κ2) is 17.5. The summed E-state index contributed by atoms with van der Waals surface area (Å²) in [4.78, 5) is 11.0. The molecule has 21 heavy (non-hydrogen) atoms. The number of Topliss-reactive ketones (excluding diaryl/α,β-unsaturated/α-hetero) is 1. The summed E-state index contributed by atoms with van der Waals surface area (Å²) in [6, 6.07) is 0. The average molecular weight is 305 g/mol. The largest absolute Gasteiger partial charge is 0.379 e. The van der Waals surface area contributed by atoms with Gasteiger partial charge in [-0.15, -0.1) is 0 Å². The van der Waals surface area contributed by atoms with Gasteiger partial charge in [-0.3, -0.25) is 4.79 Å². The van der Waals surface area contributed by atoms with Gasteiger partial charge in [-0.05, 0) is 6.54 Å². The lowest BCUT2D eigenvalue weighted by atomic mass is 10.2. The fraction of sp³-hybridized carbons (Fsp3) is 0.933. The molecule has 0 rings (SSSR count). The average Bonchev–Trinajstić information content (AvgIpc) is 2.50. The number of hydrogen-bond donors (Lipinski definition) is 1. The van der Waals surface area contributed by atoms with Crippen LogP contribution in [-0.2, 0) is 23.7 Å². The molecule has 0 aromatic rings. The predicted molar refractivity (Wildman–Crippen MR) is 81.7 cm³/mol. The number of likely N-dealkylation sites (N-methyl/N-ethyl adjacent to an activating group) is 1. The third kappa shape index (κ3) is 17.4. The van der Waals surface area contributed by atoms with E-state index in [1.807, 2.05) is 6.92 Å². The van der Waals surface area contributed by atoms with Gasteiger partial charge in [-0.2, -0.15) is 0 Å². The molecule has 0 saturated carbocycles. The van der Waals surface area contributed by atoms with E-state index >= 15 is 0 Å². The minimum atomic E-state index is 0.233. The lowest BCUT2D eigenvalue weighted by molar-refractivity contribution is -0.120. The monoisotopic (exact) mass is 305 g/mol. The Kier molecular flexibility index (Phi) is 17.1. The number of ether oxygens (including phenoxy) is 4. The summed E-state index contributed by atoms with van der Waals surface area (Å²) in [5.74, 6) is 0.233. The van der Waals surface area contributed by atoms with Gasteiger partial charge in [0.2, 0.25) is 0 Å². The van der Waals surface area contributed by atoms with Crippen molar-refractivity contribution in [2.75, 3.05) is 65.9 Å². The molecule has 0 bridgehead atoms. The first kappa shape index (κ1) is 20.5. The zero-order valence-electron chi connectivity index (χ0n) is 13.5. The zero-order chi connectivity index (χ0) is 15.6. The summed E-state index contributed by atoms with van der Waals surface area (Å²) in [6.45, 7) is 10.3. The highest BCUT2D eigenvalue weighted by atomic mass is 16.6. The van der Waals surface area contributed by atoms with Crippen LogP contribution in [0, 0.1) is 0 Å². The van der Waals surface area contributed by atoms with Crippen molar-refractivity contribution in [1.82, 2.24) is 5.32 Å². The topological polar surface area (TPSA) is 66.0 Å². The molecular weight excluding hydrogens is 274 g/mol. The van der Waals surface area contributed by atoms with Crippen LogP contribution in [0.3, 0.4) is 0 Å².